The van der Waals surface area contributed by atoms with Gasteiger partial charge in [-0.25, -0.2) is 0 Å². The third-order valence-corrected chi connectivity index (χ3v) is 6.10. The minimum Gasteiger partial charge on any atom is -0.379 e. The summed E-state index contributed by atoms with van der Waals surface area (Å²) in [5.41, 5.74) is 9.85. The molecular weight excluding hydrogens is 336 g/mol. The second-order valence-corrected chi connectivity index (χ2v) is 8.28. The Kier molecular flexibility index (Phi) is 4.73. The van der Waals surface area contributed by atoms with Gasteiger partial charge in [0.25, 0.3) is 0 Å². The Labute approximate surface area is 159 Å². The molecule has 3 aromatic rings. The third-order valence-electron chi connectivity index (χ3n) is 5.31. The predicted molar refractivity (Wildman–Crippen MR) is 114 cm³/mol. The van der Waals surface area contributed by atoms with Gasteiger partial charge >= 0.3 is 0 Å². The van der Waals surface area contributed by atoms with Crippen LogP contribution >= 0.6 is 11.8 Å². The molecule has 1 unspecified atom stereocenters. The minimum absolute atomic E-state index is 0.190. The molecule has 0 aliphatic carbocycles. The van der Waals surface area contributed by atoms with Gasteiger partial charge in [0, 0.05) is 5.75 Å². The van der Waals surface area contributed by atoms with Crippen molar-refractivity contribution in [2.24, 2.45) is 10.7 Å². The van der Waals surface area contributed by atoms with Crippen LogP contribution < -0.4 is 5.73 Å². The Bertz CT molecular complexity index is 958. The van der Waals surface area contributed by atoms with Crippen LogP contribution in [0.15, 0.2) is 71.7 Å². The molecule has 2 nitrogen and oxygen atoms in total. The summed E-state index contributed by atoms with van der Waals surface area (Å²) in [6.07, 6.45) is 3.11. The Hall–Kier alpha value is -2.26. The molecule has 0 saturated heterocycles. The molecule has 4 rings (SSSR count). The first kappa shape index (κ1) is 17.2. The zero-order valence-corrected chi connectivity index (χ0v) is 15.9. The standard InChI is InChI=1S/C23H24N2S/c1-23(14-15-26-22(24)25-23)20-10-4-6-17(16-20)12-13-19-9-5-8-18-7-2-3-11-21(18)19/h2-11,16H,12-15H2,1H3,(H2,24,25). The molecule has 0 amide bonds. The number of nitrogens with two attached hydrogens (primary N) is 1. The monoisotopic (exact) mass is 360 g/mol. The second kappa shape index (κ2) is 7.16. The van der Waals surface area contributed by atoms with Gasteiger partial charge in [0.05, 0.1) is 5.54 Å². The lowest BCUT2D eigenvalue weighted by Gasteiger charge is -2.30. The SMILES string of the molecule is CC1(c2cccc(CCc3cccc4ccccc34)c2)CCSC(N)=N1. The average Bonchev–Trinajstić information content (AvgIpc) is 2.66. The van der Waals surface area contributed by atoms with E-state index in [9.17, 15) is 0 Å². The van der Waals surface area contributed by atoms with E-state index in [0.29, 0.717) is 5.17 Å². The highest BCUT2D eigenvalue weighted by atomic mass is 32.2. The molecular formula is C23H24N2S. The van der Waals surface area contributed by atoms with Crippen molar-refractivity contribution in [3.8, 4) is 0 Å². The highest BCUT2D eigenvalue weighted by Crippen LogP contribution is 2.35. The number of aliphatic imine (C=N–C) groups is 1. The zero-order valence-electron chi connectivity index (χ0n) is 15.1. The number of fused-ring (bicyclic) bond motifs is 1. The highest BCUT2D eigenvalue weighted by Gasteiger charge is 2.29. The van der Waals surface area contributed by atoms with Crippen molar-refractivity contribution in [1.82, 2.24) is 0 Å². The van der Waals surface area contributed by atoms with E-state index in [1.165, 1.54) is 27.5 Å². The topological polar surface area (TPSA) is 38.4 Å². The molecule has 0 fully saturated rings. The summed E-state index contributed by atoms with van der Waals surface area (Å²) in [5.74, 6) is 1.03. The summed E-state index contributed by atoms with van der Waals surface area (Å²) < 4.78 is 0. The normalized spacial score (nSPS) is 20.1. The minimum atomic E-state index is -0.190. The lowest BCUT2D eigenvalue weighted by molar-refractivity contribution is 0.481. The Morgan fingerprint density at radius 1 is 1.00 bits per heavy atom. The second-order valence-electron chi connectivity index (χ2n) is 7.16. The molecule has 3 aromatic carbocycles. The Morgan fingerprint density at radius 3 is 2.69 bits per heavy atom. The van der Waals surface area contributed by atoms with E-state index >= 15 is 0 Å². The van der Waals surface area contributed by atoms with Crippen LogP contribution in [0.5, 0.6) is 0 Å². The van der Waals surface area contributed by atoms with E-state index < -0.39 is 0 Å². The smallest absolute Gasteiger partial charge is 0.154 e. The fraction of sp³-hybridized carbons (Fsp3) is 0.261. The van der Waals surface area contributed by atoms with Crippen LogP contribution in [0.4, 0.5) is 0 Å². The Morgan fingerprint density at radius 2 is 1.81 bits per heavy atom. The maximum atomic E-state index is 5.99. The summed E-state index contributed by atoms with van der Waals surface area (Å²) in [4.78, 5) is 4.74. The van der Waals surface area contributed by atoms with Crippen molar-refractivity contribution in [2.45, 2.75) is 31.7 Å². The maximum Gasteiger partial charge on any atom is 0.154 e. The number of benzene rings is 3. The first-order valence-electron chi connectivity index (χ1n) is 9.18. The molecule has 3 heteroatoms. The molecule has 1 heterocycles. The molecule has 1 aliphatic heterocycles. The lowest BCUT2D eigenvalue weighted by Crippen LogP contribution is -2.28. The van der Waals surface area contributed by atoms with Crippen molar-refractivity contribution < 1.29 is 0 Å². The fourth-order valence-corrected chi connectivity index (χ4v) is 4.72. The van der Waals surface area contributed by atoms with Gasteiger partial charge in [-0.3, -0.25) is 4.99 Å². The van der Waals surface area contributed by atoms with Crippen molar-refractivity contribution in [1.29, 1.82) is 0 Å². The van der Waals surface area contributed by atoms with Gasteiger partial charge in [-0.05, 0) is 53.6 Å². The number of aryl methyl sites for hydroxylation is 2. The first-order valence-corrected chi connectivity index (χ1v) is 10.2. The average molecular weight is 361 g/mol. The van der Waals surface area contributed by atoms with Crippen LogP contribution in [0.2, 0.25) is 0 Å². The van der Waals surface area contributed by atoms with Gasteiger partial charge in [-0.15, -0.1) is 0 Å². The van der Waals surface area contributed by atoms with Crippen molar-refractivity contribution in [3.05, 3.63) is 83.4 Å². The van der Waals surface area contributed by atoms with E-state index in [2.05, 4.69) is 73.7 Å². The number of nitrogens with zero attached hydrogens (tertiary/aromatic N) is 1. The molecule has 0 bridgehead atoms. The van der Waals surface area contributed by atoms with Crippen LogP contribution in [-0.2, 0) is 18.4 Å². The highest BCUT2D eigenvalue weighted by molar-refractivity contribution is 8.13. The fourth-order valence-electron chi connectivity index (χ4n) is 3.75. The van der Waals surface area contributed by atoms with E-state index in [1.807, 2.05) is 0 Å². The number of rotatable bonds is 4. The molecule has 0 saturated carbocycles. The van der Waals surface area contributed by atoms with Crippen molar-refractivity contribution >= 4 is 27.7 Å². The molecule has 1 atom stereocenters. The van der Waals surface area contributed by atoms with Crippen LogP contribution in [0, 0.1) is 0 Å². The summed E-state index contributed by atoms with van der Waals surface area (Å²) in [5, 5.41) is 3.38. The molecule has 26 heavy (non-hydrogen) atoms. The number of amidine groups is 1. The molecule has 0 radical (unpaired) electrons. The maximum absolute atomic E-state index is 5.99. The van der Waals surface area contributed by atoms with Gasteiger partial charge in [0.15, 0.2) is 5.17 Å². The van der Waals surface area contributed by atoms with Gasteiger partial charge in [-0.2, -0.15) is 0 Å². The van der Waals surface area contributed by atoms with Crippen LogP contribution in [-0.4, -0.2) is 10.9 Å². The quantitative estimate of drug-likeness (QED) is 0.686. The first-order chi connectivity index (χ1) is 12.6. The predicted octanol–water partition coefficient (Wildman–Crippen LogP) is 5.29. The Balaban J connectivity index is 1.57. The van der Waals surface area contributed by atoms with Crippen LogP contribution in [0.3, 0.4) is 0 Å². The summed E-state index contributed by atoms with van der Waals surface area (Å²) in [6, 6.07) is 24.1. The van der Waals surface area contributed by atoms with Crippen molar-refractivity contribution in [3.63, 3.8) is 0 Å². The van der Waals surface area contributed by atoms with E-state index in [0.717, 1.165) is 25.0 Å². The number of hydrogen-bond donors (Lipinski definition) is 1. The van der Waals surface area contributed by atoms with Gasteiger partial charge in [-0.1, -0.05) is 78.5 Å². The zero-order chi connectivity index (χ0) is 18.0. The van der Waals surface area contributed by atoms with E-state index in [-0.39, 0.29) is 5.54 Å². The summed E-state index contributed by atoms with van der Waals surface area (Å²) >= 11 is 1.66. The van der Waals surface area contributed by atoms with E-state index in [4.69, 9.17) is 10.7 Å². The summed E-state index contributed by atoms with van der Waals surface area (Å²) in [6.45, 7) is 2.20. The molecule has 2 N–H and O–H groups in total. The van der Waals surface area contributed by atoms with Crippen molar-refractivity contribution in [2.75, 3.05) is 5.75 Å². The number of hydrogen-bond acceptors (Lipinski definition) is 3. The van der Waals surface area contributed by atoms with Crippen LogP contribution in [0.25, 0.3) is 10.8 Å². The van der Waals surface area contributed by atoms with Gasteiger partial charge in [0.1, 0.15) is 0 Å². The third kappa shape index (κ3) is 3.49. The number of thioether (sulfide) groups is 1. The van der Waals surface area contributed by atoms with Gasteiger partial charge < -0.3 is 5.73 Å². The molecule has 0 spiro atoms. The summed E-state index contributed by atoms with van der Waals surface area (Å²) in [7, 11) is 0. The van der Waals surface area contributed by atoms with E-state index in [1.54, 1.807) is 11.8 Å². The molecule has 0 aromatic heterocycles. The van der Waals surface area contributed by atoms with Crippen LogP contribution in [0.1, 0.15) is 30.0 Å². The lowest BCUT2D eigenvalue weighted by atomic mass is 9.88. The van der Waals surface area contributed by atoms with Gasteiger partial charge in [0.2, 0.25) is 0 Å². The molecule has 1 aliphatic rings. The largest absolute Gasteiger partial charge is 0.379 e. The molecule has 132 valence electrons.